The van der Waals surface area contributed by atoms with Gasteiger partial charge in [-0.2, -0.15) is 0 Å². The number of anilines is 1. The monoisotopic (exact) mass is 628 g/mol. The van der Waals surface area contributed by atoms with Crippen LogP contribution in [0.4, 0.5) is 5.69 Å². The highest BCUT2D eigenvalue weighted by Gasteiger charge is 2.37. The Morgan fingerprint density at radius 2 is 1.38 bits per heavy atom. The maximum absolute atomic E-state index is 13.8. The summed E-state index contributed by atoms with van der Waals surface area (Å²) in [5.74, 6) is -0.320. The minimum Gasteiger partial charge on any atom is -0.325 e. The maximum Gasteiger partial charge on any atom is 0.247 e. The lowest BCUT2D eigenvalue weighted by atomic mass is 9.92. The van der Waals surface area contributed by atoms with E-state index in [0.717, 1.165) is 28.8 Å². The number of carbonyl (C=O) groups is 2. The van der Waals surface area contributed by atoms with Gasteiger partial charge in [0.25, 0.3) is 0 Å². The third-order valence-electron chi connectivity index (χ3n) is 9.44. The molecule has 45 heavy (non-hydrogen) atoms. The molecule has 0 saturated carbocycles. The van der Waals surface area contributed by atoms with Gasteiger partial charge in [-0.15, -0.1) is 0 Å². The third-order valence-corrected chi connectivity index (χ3v) is 14.3. The first-order valence-corrected chi connectivity index (χ1v) is 19.8. The average molecular weight is 629 g/mol. The van der Waals surface area contributed by atoms with Crippen LogP contribution in [0.15, 0.2) is 78.9 Å². The van der Waals surface area contributed by atoms with E-state index in [1.165, 1.54) is 68.7 Å². The van der Waals surface area contributed by atoms with E-state index in [4.69, 9.17) is 5.73 Å². The van der Waals surface area contributed by atoms with Crippen LogP contribution in [0.25, 0.3) is 0 Å². The summed E-state index contributed by atoms with van der Waals surface area (Å²) in [6.45, 7) is 7.32. The number of benzene rings is 3. The van der Waals surface area contributed by atoms with Gasteiger partial charge in [0.2, 0.25) is 11.8 Å². The first-order valence-electron chi connectivity index (χ1n) is 17.3. The minimum atomic E-state index is -1.06. The Morgan fingerprint density at radius 3 is 1.98 bits per heavy atom. The summed E-state index contributed by atoms with van der Waals surface area (Å²) in [4.78, 5) is 29.2. The van der Waals surface area contributed by atoms with Crippen molar-refractivity contribution in [2.24, 2.45) is 5.73 Å². The van der Waals surface area contributed by atoms with E-state index in [-0.39, 0.29) is 11.8 Å². The van der Waals surface area contributed by atoms with Crippen molar-refractivity contribution in [1.82, 2.24) is 4.90 Å². The zero-order valence-electron chi connectivity index (χ0n) is 27.8. The fraction of sp³-hybridized carbons (Fsp3) is 0.487. The van der Waals surface area contributed by atoms with Crippen molar-refractivity contribution >= 4 is 24.8 Å². The Morgan fingerprint density at radius 1 is 0.800 bits per heavy atom. The number of nitrogens with one attached hydrogen (secondary N) is 1. The van der Waals surface area contributed by atoms with E-state index < -0.39 is 19.3 Å². The molecule has 0 aromatic heterocycles. The number of unbranched alkanes of at least 4 members (excludes halogenated alkanes) is 3. The van der Waals surface area contributed by atoms with Crippen LogP contribution in [-0.2, 0) is 35.1 Å². The molecule has 5 nitrogen and oxygen atoms in total. The minimum absolute atomic E-state index is 0.156. The van der Waals surface area contributed by atoms with E-state index in [1.54, 1.807) is 4.90 Å². The standard InChI is InChI=1S/C39H54N3O2P/c1-4-7-25-45(26-8-5-2,27-9-6-3)30-32-19-22-35(23-20-32)41-38(43)37-28-33-17-13-14-18-34(33)29-42(37)39(44)36(40)24-21-31-15-11-10-12-16-31/h10-20,22-23,36-37H,4-9,21,24-30,40H2,1-3H3/p+1/t36-,37?/m0/s1. The van der Waals surface area contributed by atoms with Gasteiger partial charge in [0.1, 0.15) is 6.04 Å². The summed E-state index contributed by atoms with van der Waals surface area (Å²) >= 11 is 0. The maximum atomic E-state index is 13.8. The molecule has 6 heteroatoms. The van der Waals surface area contributed by atoms with Gasteiger partial charge in [0.05, 0.1) is 30.7 Å². The van der Waals surface area contributed by atoms with E-state index in [1.807, 2.05) is 36.4 Å². The van der Waals surface area contributed by atoms with Crippen LogP contribution in [-0.4, -0.2) is 47.3 Å². The predicted molar refractivity (Wildman–Crippen MR) is 192 cm³/mol. The third kappa shape index (κ3) is 9.99. The molecule has 0 fully saturated rings. The molecule has 1 unspecified atom stereocenters. The number of fused-ring (bicyclic) bond motifs is 1. The first kappa shape index (κ1) is 34.9. The van der Waals surface area contributed by atoms with Gasteiger partial charge >= 0.3 is 0 Å². The molecule has 3 N–H and O–H groups in total. The van der Waals surface area contributed by atoms with Crippen LogP contribution < -0.4 is 11.1 Å². The molecule has 4 rings (SSSR count). The molecule has 1 heterocycles. The number of hydrogen-bond donors (Lipinski definition) is 2. The summed E-state index contributed by atoms with van der Waals surface area (Å²) in [6.07, 6.45) is 14.9. The second-order valence-electron chi connectivity index (χ2n) is 13.0. The molecule has 1 aliphatic heterocycles. The molecule has 0 spiro atoms. The highest BCUT2D eigenvalue weighted by Crippen LogP contribution is 2.63. The summed E-state index contributed by atoms with van der Waals surface area (Å²) in [6, 6.07) is 25.5. The van der Waals surface area contributed by atoms with Crippen LogP contribution in [0.2, 0.25) is 0 Å². The fourth-order valence-corrected chi connectivity index (χ4v) is 11.7. The molecule has 2 amide bonds. The molecule has 2 atom stereocenters. The lowest BCUT2D eigenvalue weighted by Crippen LogP contribution is -2.55. The Balaban J connectivity index is 1.46. The Labute approximate surface area is 272 Å². The van der Waals surface area contributed by atoms with E-state index in [2.05, 4.69) is 68.6 Å². The number of nitrogens with zero attached hydrogens (tertiary/aromatic N) is 1. The van der Waals surface area contributed by atoms with Crippen LogP contribution in [0.1, 0.15) is 88.0 Å². The molecule has 0 saturated heterocycles. The summed E-state index contributed by atoms with van der Waals surface area (Å²) in [5.41, 5.74) is 12.0. The number of hydrogen-bond acceptors (Lipinski definition) is 3. The quantitative estimate of drug-likeness (QED) is 0.147. The zero-order chi connectivity index (χ0) is 32.1. The first-order chi connectivity index (χ1) is 21.9. The average Bonchev–Trinajstić information content (AvgIpc) is 3.08. The lowest BCUT2D eigenvalue weighted by molar-refractivity contribution is -0.141. The zero-order valence-corrected chi connectivity index (χ0v) is 28.7. The number of rotatable bonds is 17. The normalized spacial score (nSPS) is 15.4. The van der Waals surface area contributed by atoms with Gasteiger partial charge in [0, 0.05) is 25.9 Å². The van der Waals surface area contributed by atoms with Gasteiger partial charge < -0.3 is 16.0 Å². The summed E-state index contributed by atoms with van der Waals surface area (Å²) < 4.78 is 0. The van der Waals surface area contributed by atoms with Crippen molar-refractivity contribution in [2.45, 2.75) is 103 Å². The van der Waals surface area contributed by atoms with Gasteiger partial charge in [-0.3, -0.25) is 9.59 Å². The molecule has 3 aromatic carbocycles. The number of aryl methyl sites for hydroxylation is 1. The van der Waals surface area contributed by atoms with Crippen LogP contribution >= 0.6 is 7.26 Å². The van der Waals surface area contributed by atoms with Gasteiger partial charge in [-0.1, -0.05) is 107 Å². The van der Waals surface area contributed by atoms with Crippen molar-refractivity contribution in [1.29, 1.82) is 0 Å². The van der Waals surface area contributed by atoms with E-state index >= 15 is 0 Å². The number of carbonyl (C=O) groups excluding carboxylic acids is 2. The highest BCUT2D eigenvalue weighted by molar-refractivity contribution is 7.75. The second kappa shape index (κ2) is 17.6. The molecular formula is C39H55N3O2P+. The Bertz CT molecular complexity index is 1320. The van der Waals surface area contributed by atoms with Crippen molar-refractivity contribution < 1.29 is 9.59 Å². The van der Waals surface area contributed by atoms with E-state index in [9.17, 15) is 9.59 Å². The predicted octanol–water partition coefficient (Wildman–Crippen LogP) is 8.46. The highest BCUT2D eigenvalue weighted by atomic mass is 31.2. The van der Waals surface area contributed by atoms with Gasteiger partial charge in [-0.05, 0) is 66.5 Å². The largest absolute Gasteiger partial charge is 0.325 e. The summed E-state index contributed by atoms with van der Waals surface area (Å²) in [7, 11) is -1.06. The summed E-state index contributed by atoms with van der Waals surface area (Å²) in [5, 5.41) is 3.15. The Kier molecular flexibility index (Phi) is 13.6. The van der Waals surface area contributed by atoms with Crippen LogP contribution in [0.3, 0.4) is 0 Å². The Hall–Kier alpha value is -3.01. The smallest absolute Gasteiger partial charge is 0.247 e. The molecule has 0 aliphatic carbocycles. The molecule has 0 bridgehead atoms. The molecular weight excluding hydrogens is 573 g/mol. The lowest BCUT2D eigenvalue weighted by Gasteiger charge is -2.37. The number of nitrogens with two attached hydrogens (primary N) is 1. The van der Waals surface area contributed by atoms with Crippen molar-refractivity contribution in [3.8, 4) is 0 Å². The van der Waals surface area contributed by atoms with Crippen LogP contribution in [0, 0.1) is 0 Å². The molecule has 3 aromatic rings. The second-order valence-corrected chi connectivity index (χ2v) is 17.3. The van der Waals surface area contributed by atoms with E-state index in [0.29, 0.717) is 19.4 Å². The van der Waals surface area contributed by atoms with Crippen molar-refractivity contribution in [2.75, 3.05) is 23.8 Å². The topological polar surface area (TPSA) is 75.4 Å². The van der Waals surface area contributed by atoms with Crippen molar-refractivity contribution in [3.05, 3.63) is 101 Å². The fourth-order valence-electron chi connectivity index (χ4n) is 6.65. The van der Waals surface area contributed by atoms with Crippen LogP contribution in [0.5, 0.6) is 0 Å². The SMILES string of the molecule is CCCC[P+](CCCC)(CCCC)Cc1ccc(NC(=O)C2Cc3ccccc3CN2C(=O)[C@@H](N)CCc2ccccc2)cc1. The molecule has 0 radical (unpaired) electrons. The van der Waals surface area contributed by atoms with Gasteiger partial charge in [0.15, 0.2) is 0 Å². The number of amides is 2. The molecule has 1 aliphatic rings. The van der Waals surface area contributed by atoms with Crippen molar-refractivity contribution in [3.63, 3.8) is 0 Å². The van der Waals surface area contributed by atoms with Gasteiger partial charge in [-0.25, -0.2) is 0 Å². The molecule has 242 valence electrons.